The predicted molar refractivity (Wildman–Crippen MR) is 176 cm³/mol. The Balaban J connectivity index is 1.56. The lowest BCUT2D eigenvalue weighted by atomic mass is 9.91. The van der Waals surface area contributed by atoms with Gasteiger partial charge in [0.1, 0.15) is 11.5 Å². The second kappa shape index (κ2) is 12.4. The zero-order valence-electron chi connectivity index (χ0n) is 24.2. The minimum Gasteiger partial charge on any atom is -0.463 e. The molecule has 5 aromatic rings. The standard InChI is InChI=1S/C35H28Cl2N2O4S/c1-4-42-34(41)30-31(22-8-6-5-7-9-22)38-35-39(32(30)23-12-10-21(11-13-23)20(2)3)33(40)29(44-35)19-25-15-17-28(43-25)26-18-24(36)14-16-27(26)37/h5-20,32H,4H2,1-3H3/b29-19-. The summed E-state index contributed by atoms with van der Waals surface area (Å²) in [6, 6.07) is 25.4. The maximum Gasteiger partial charge on any atom is 0.338 e. The predicted octanol–water partition coefficient (Wildman–Crippen LogP) is 7.63. The van der Waals surface area contributed by atoms with Crippen LogP contribution in [-0.4, -0.2) is 17.1 Å². The first-order valence-corrected chi connectivity index (χ1v) is 15.8. The van der Waals surface area contributed by atoms with Gasteiger partial charge < -0.3 is 9.15 Å². The number of rotatable bonds is 7. The van der Waals surface area contributed by atoms with Crippen molar-refractivity contribution in [2.24, 2.45) is 4.99 Å². The largest absolute Gasteiger partial charge is 0.463 e. The van der Waals surface area contributed by atoms with Gasteiger partial charge >= 0.3 is 5.97 Å². The molecule has 6 rings (SSSR count). The number of halogens is 2. The first-order valence-electron chi connectivity index (χ1n) is 14.2. The zero-order chi connectivity index (χ0) is 31.0. The number of nitrogens with zero attached hydrogens (tertiary/aromatic N) is 2. The molecule has 0 radical (unpaired) electrons. The van der Waals surface area contributed by atoms with Crippen molar-refractivity contribution in [3.63, 3.8) is 0 Å². The molecule has 0 N–H and O–H groups in total. The molecule has 6 nitrogen and oxygen atoms in total. The molecule has 0 saturated carbocycles. The van der Waals surface area contributed by atoms with Gasteiger partial charge in [0.15, 0.2) is 4.80 Å². The molecule has 0 fully saturated rings. The Hall–Kier alpha value is -4.17. The van der Waals surface area contributed by atoms with E-state index in [4.69, 9.17) is 37.3 Å². The van der Waals surface area contributed by atoms with E-state index < -0.39 is 12.0 Å². The van der Waals surface area contributed by atoms with Crippen molar-refractivity contribution in [1.82, 2.24) is 4.57 Å². The van der Waals surface area contributed by atoms with Gasteiger partial charge in [-0.15, -0.1) is 0 Å². The van der Waals surface area contributed by atoms with Crippen LogP contribution in [-0.2, 0) is 9.53 Å². The lowest BCUT2D eigenvalue weighted by Crippen LogP contribution is -2.40. The molecule has 1 atom stereocenters. The SMILES string of the molecule is CCOC(=O)C1=C(c2ccccc2)N=c2s/c(=C\c3ccc(-c4cc(Cl)ccc4Cl)o3)c(=O)n2C1c1ccc(C(C)C)cc1. The average Bonchev–Trinajstić information content (AvgIpc) is 3.62. The third-order valence-electron chi connectivity index (χ3n) is 7.39. The summed E-state index contributed by atoms with van der Waals surface area (Å²) in [7, 11) is 0. The van der Waals surface area contributed by atoms with Crippen LogP contribution in [0.3, 0.4) is 0 Å². The fourth-order valence-electron chi connectivity index (χ4n) is 5.21. The Kier molecular flexibility index (Phi) is 8.45. The molecule has 0 spiro atoms. The van der Waals surface area contributed by atoms with Crippen molar-refractivity contribution in [3.8, 4) is 11.3 Å². The van der Waals surface area contributed by atoms with E-state index >= 15 is 0 Å². The number of hydrogen-bond donors (Lipinski definition) is 0. The fourth-order valence-corrected chi connectivity index (χ4v) is 6.57. The summed E-state index contributed by atoms with van der Waals surface area (Å²) in [6.45, 7) is 6.19. The maximum absolute atomic E-state index is 14.1. The van der Waals surface area contributed by atoms with Gasteiger partial charge in [0.2, 0.25) is 0 Å². The van der Waals surface area contributed by atoms with Crippen molar-refractivity contribution >= 4 is 52.3 Å². The highest BCUT2D eigenvalue weighted by Gasteiger charge is 2.35. The highest BCUT2D eigenvalue weighted by atomic mass is 35.5. The summed E-state index contributed by atoms with van der Waals surface area (Å²) in [5.74, 6) is 0.796. The Labute approximate surface area is 268 Å². The Bertz CT molecular complexity index is 2070. The van der Waals surface area contributed by atoms with E-state index in [0.717, 1.165) is 16.7 Å². The van der Waals surface area contributed by atoms with Crippen LogP contribution in [0, 0.1) is 0 Å². The summed E-state index contributed by atoms with van der Waals surface area (Å²) in [6.07, 6.45) is 1.68. The Morgan fingerprint density at radius 2 is 1.80 bits per heavy atom. The third kappa shape index (κ3) is 5.71. The van der Waals surface area contributed by atoms with Crippen LogP contribution in [0.2, 0.25) is 10.0 Å². The lowest BCUT2D eigenvalue weighted by molar-refractivity contribution is -0.138. The van der Waals surface area contributed by atoms with Gasteiger partial charge in [-0.05, 0) is 54.3 Å². The summed E-state index contributed by atoms with van der Waals surface area (Å²) in [5.41, 5.74) is 3.84. The van der Waals surface area contributed by atoms with Crippen molar-refractivity contribution < 1.29 is 13.9 Å². The number of thiazole rings is 1. The highest BCUT2D eigenvalue weighted by molar-refractivity contribution is 7.07. The summed E-state index contributed by atoms with van der Waals surface area (Å²) >= 11 is 13.8. The van der Waals surface area contributed by atoms with E-state index in [0.29, 0.717) is 53.7 Å². The number of esters is 1. The van der Waals surface area contributed by atoms with Gasteiger partial charge in [-0.3, -0.25) is 9.36 Å². The van der Waals surface area contributed by atoms with Gasteiger partial charge in [0, 0.05) is 22.2 Å². The minimum absolute atomic E-state index is 0.186. The molecule has 1 unspecified atom stereocenters. The number of carbonyl (C=O) groups is 1. The van der Waals surface area contributed by atoms with E-state index in [1.807, 2.05) is 54.6 Å². The van der Waals surface area contributed by atoms with Crippen LogP contribution < -0.4 is 14.9 Å². The molecule has 2 aromatic heterocycles. The van der Waals surface area contributed by atoms with E-state index in [9.17, 15) is 9.59 Å². The number of ether oxygens (including phenoxy) is 1. The van der Waals surface area contributed by atoms with Crippen molar-refractivity contribution in [1.29, 1.82) is 0 Å². The van der Waals surface area contributed by atoms with Gasteiger partial charge in [0.25, 0.3) is 5.56 Å². The molecule has 9 heteroatoms. The molecule has 1 aliphatic rings. The average molecular weight is 644 g/mol. The number of hydrogen-bond acceptors (Lipinski definition) is 6. The number of benzene rings is 3. The van der Waals surface area contributed by atoms with Crippen LogP contribution >= 0.6 is 34.5 Å². The summed E-state index contributed by atoms with van der Waals surface area (Å²) in [5, 5.41) is 1.03. The zero-order valence-corrected chi connectivity index (χ0v) is 26.5. The first-order chi connectivity index (χ1) is 21.2. The molecule has 222 valence electrons. The molecule has 3 aromatic carbocycles. The second-order valence-corrected chi connectivity index (χ2v) is 12.4. The molecule has 0 amide bonds. The number of fused-ring (bicyclic) bond motifs is 1. The number of furan rings is 1. The van der Waals surface area contributed by atoms with Gasteiger partial charge in [0.05, 0.1) is 33.5 Å². The van der Waals surface area contributed by atoms with E-state index in [-0.39, 0.29) is 12.2 Å². The highest BCUT2D eigenvalue weighted by Crippen LogP contribution is 2.36. The topological polar surface area (TPSA) is 73.8 Å². The smallest absolute Gasteiger partial charge is 0.338 e. The van der Waals surface area contributed by atoms with Crippen molar-refractivity contribution in [2.75, 3.05) is 6.61 Å². The second-order valence-electron chi connectivity index (χ2n) is 10.6. The van der Waals surface area contributed by atoms with Crippen LogP contribution in [0.25, 0.3) is 23.1 Å². The van der Waals surface area contributed by atoms with Crippen LogP contribution in [0.1, 0.15) is 55.2 Å². The monoisotopic (exact) mass is 642 g/mol. The van der Waals surface area contributed by atoms with Crippen LogP contribution in [0.4, 0.5) is 0 Å². The molecule has 0 saturated heterocycles. The number of carbonyl (C=O) groups excluding carboxylic acids is 1. The Morgan fingerprint density at radius 1 is 1.05 bits per heavy atom. The fraction of sp³-hybridized carbons (Fsp3) is 0.171. The number of aromatic nitrogens is 1. The van der Waals surface area contributed by atoms with Gasteiger partial charge in [-0.1, -0.05) is 103 Å². The van der Waals surface area contributed by atoms with Crippen LogP contribution in [0.5, 0.6) is 0 Å². The molecule has 0 aliphatic carbocycles. The van der Waals surface area contributed by atoms with Gasteiger partial charge in [-0.2, -0.15) is 0 Å². The quantitative estimate of drug-likeness (QED) is 0.171. The summed E-state index contributed by atoms with van der Waals surface area (Å²) < 4.78 is 13.6. The van der Waals surface area contributed by atoms with Crippen molar-refractivity contribution in [3.05, 3.63) is 143 Å². The van der Waals surface area contributed by atoms with Gasteiger partial charge in [-0.25, -0.2) is 9.79 Å². The van der Waals surface area contributed by atoms with E-state index in [2.05, 4.69) is 13.8 Å². The van der Waals surface area contributed by atoms with Crippen molar-refractivity contribution in [2.45, 2.75) is 32.7 Å². The third-order valence-corrected chi connectivity index (χ3v) is 8.93. The van der Waals surface area contributed by atoms with E-state index in [1.54, 1.807) is 47.9 Å². The van der Waals surface area contributed by atoms with Crippen LogP contribution in [0.15, 0.2) is 105 Å². The molecular formula is C35H28Cl2N2O4S. The van der Waals surface area contributed by atoms with E-state index in [1.165, 1.54) is 11.3 Å². The minimum atomic E-state index is -0.749. The molecule has 44 heavy (non-hydrogen) atoms. The molecule has 1 aliphatic heterocycles. The molecule has 3 heterocycles. The lowest BCUT2D eigenvalue weighted by Gasteiger charge is -2.26. The Morgan fingerprint density at radius 3 is 2.50 bits per heavy atom. The molecular weight excluding hydrogens is 615 g/mol. The maximum atomic E-state index is 14.1. The first kappa shape index (κ1) is 29.9. The normalized spacial score (nSPS) is 15.0. The summed E-state index contributed by atoms with van der Waals surface area (Å²) in [4.78, 5) is 33.2. The molecule has 0 bridgehead atoms.